The van der Waals surface area contributed by atoms with Crippen molar-refractivity contribution in [2.75, 3.05) is 5.73 Å². The van der Waals surface area contributed by atoms with Crippen LogP contribution in [0.1, 0.15) is 16.7 Å². The van der Waals surface area contributed by atoms with Gasteiger partial charge in [0.2, 0.25) is 0 Å². The molecule has 0 aromatic heterocycles. The average molecular weight is 339 g/mol. The highest BCUT2D eigenvalue weighted by Crippen LogP contribution is 2.32. The van der Waals surface area contributed by atoms with Gasteiger partial charge in [-0.05, 0) is 35.9 Å². The number of benzene rings is 3. The number of nitriles is 1. The van der Waals surface area contributed by atoms with E-state index in [1.807, 2.05) is 36.4 Å². The van der Waals surface area contributed by atoms with E-state index in [4.69, 9.17) is 11.0 Å². The SMILES string of the molecule is N#Cc1ccc(-c2cc([N+](=O)[O-])c(C#Cc3ccccc3)cc2N)cc1. The Kier molecular flexibility index (Phi) is 4.65. The molecule has 3 aromatic carbocycles. The van der Waals surface area contributed by atoms with Gasteiger partial charge >= 0.3 is 0 Å². The molecule has 0 amide bonds. The number of rotatable bonds is 2. The predicted molar refractivity (Wildman–Crippen MR) is 100 cm³/mol. The summed E-state index contributed by atoms with van der Waals surface area (Å²) in [5, 5.41) is 20.4. The average Bonchev–Trinajstić information content (AvgIpc) is 2.67. The molecule has 3 aromatic rings. The minimum absolute atomic E-state index is 0.109. The highest BCUT2D eigenvalue weighted by Gasteiger charge is 2.17. The molecular formula is C21H13N3O2. The van der Waals surface area contributed by atoms with Crippen molar-refractivity contribution in [2.24, 2.45) is 0 Å². The number of anilines is 1. The van der Waals surface area contributed by atoms with Crippen molar-refractivity contribution < 1.29 is 4.92 Å². The number of nitro benzene ring substituents is 1. The lowest BCUT2D eigenvalue weighted by molar-refractivity contribution is -0.385. The van der Waals surface area contributed by atoms with Crippen LogP contribution in [-0.2, 0) is 0 Å². The lowest BCUT2D eigenvalue weighted by Crippen LogP contribution is -1.98. The number of nitrogens with zero attached hydrogens (tertiary/aromatic N) is 2. The van der Waals surface area contributed by atoms with Gasteiger partial charge in [-0.2, -0.15) is 5.26 Å². The second-order valence-electron chi connectivity index (χ2n) is 5.52. The van der Waals surface area contributed by atoms with E-state index >= 15 is 0 Å². The van der Waals surface area contributed by atoms with Gasteiger partial charge in [-0.3, -0.25) is 10.1 Å². The Bertz CT molecular complexity index is 1070. The van der Waals surface area contributed by atoms with E-state index in [1.54, 1.807) is 24.3 Å². The Morgan fingerprint density at radius 2 is 1.62 bits per heavy atom. The van der Waals surface area contributed by atoms with Crippen molar-refractivity contribution in [1.29, 1.82) is 5.26 Å². The van der Waals surface area contributed by atoms with Gasteiger partial charge in [0, 0.05) is 22.9 Å². The van der Waals surface area contributed by atoms with Gasteiger partial charge in [0.1, 0.15) is 5.56 Å². The largest absolute Gasteiger partial charge is 0.398 e. The summed E-state index contributed by atoms with van der Waals surface area (Å²) in [5.41, 5.74) is 9.14. The third kappa shape index (κ3) is 3.53. The fraction of sp³-hybridized carbons (Fsp3) is 0. The standard InChI is InChI=1S/C21H13N3O2/c22-14-16-7-9-17(10-8-16)19-13-21(24(25)26)18(12-20(19)23)11-6-15-4-2-1-3-5-15/h1-5,7-10,12-13H,23H2. The van der Waals surface area contributed by atoms with Crippen LogP contribution in [0.3, 0.4) is 0 Å². The molecule has 0 radical (unpaired) electrons. The van der Waals surface area contributed by atoms with E-state index in [0.717, 1.165) is 5.56 Å². The molecule has 26 heavy (non-hydrogen) atoms. The van der Waals surface area contributed by atoms with Crippen LogP contribution in [0.15, 0.2) is 66.7 Å². The van der Waals surface area contributed by atoms with Crippen molar-refractivity contribution >= 4 is 11.4 Å². The quantitative estimate of drug-likeness (QED) is 0.329. The van der Waals surface area contributed by atoms with Crippen LogP contribution >= 0.6 is 0 Å². The maximum absolute atomic E-state index is 11.5. The molecular weight excluding hydrogens is 326 g/mol. The van der Waals surface area contributed by atoms with E-state index in [9.17, 15) is 10.1 Å². The summed E-state index contributed by atoms with van der Waals surface area (Å²) in [6.45, 7) is 0. The molecule has 0 atom stereocenters. The molecule has 0 unspecified atom stereocenters. The Balaban J connectivity index is 2.08. The first-order valence-electron chi connectivity index (χ1n) is 7.74. The summed E-state index contributed by atoms with van der Waals surface area (Å²) >= 11 is 0. The van der Waals surface area contributed by atoms with Gasteiger partial charge in [0.05, 0.1) is 16.6 Å². The first kappa shape index (κ1) is 16.8. The molecule has 0 saturated carbocycles. The van der Waals surface area contributed by atoms with Gasteiger partial charge < -0.3 is 5.73 Å². The molecule has 3 rings (SSSR count). The van der Waals surface area contributed by atoms with Crippen molar-refractivity contribution in [1.82, 2.24) is 0 Å². The van der Waals surface area contributed by atoms with Gasteiger partial charge in [-0.1, -0.05) is 42.2 Å². The summed E-state index contributed by atoms with van der Waals surface area (Å²) in [6.07, 6.45) is 0. The lowest BCUT2D eigenvalue weighted by Gasteiger charge is -2.07. The minimum atomic E-state index is -0.471. The van der Waals surface area contributed by atoms with E-state index in [1.165, 1.54) is 12.1 Å². The first-order valence-corrected chi connectivity index (χ1v) is 7.74. The van der Waals surface area contributed by atoms with Crippen LogP contribution in [-0.4, -0.2) is 4.92 Å². The Hall–Kier alpha value is -4.09. The van der Waals surface area contributed by atoms with Gasteiger partial charge in [-0.25, -0.2) is 0 Å². The minimum Gasteiger partial charge on any atom is -0.398 e. The van der Waals surface area contributed by atoms with Crippen LogP contribution in [0.4, 0.5) is 11.4 Å². The highest BCUT2D eigenvalue weighted by molar-refractivity contribution is 5.81. The molecule has 0 aliphatic carbocycles. The van der Waals surface area contributed by atoms with Crippen LogP contribution in [0, 0.1) is 33.3 Å². The van der Waals surface area contributed by atoms with E-state index < -0.39 is 4.92 Å². The zero-order chi connectivity index (χ0) is 18.5. The summed E-state index contributed by atoms with van der Waals surface area (Å²) in [5.74, 6) is 5.75. The molecule has 0 bridgehead atoms. The number of hydrogen-bond donors (Lipinski definition) is 1. The Labute approximate surface area is 150 Å². The molecule has 0 aliphatic heterocycles. The predicted octanol–water partition coefficient (Wildman–Crippen LogP) is 4.12. The van der Waals surface area contributed by atoms with Gasteiger partial charge in [-0.15, -0.1) is 0 Å². The number of nitrogen functional groups attached to an aromatic ring is 1. The zero-order valence-electron chi connectivity index (χ0n) is 13.6. The molecule has 0 fully saturated rings. The second-order valence-corrected chi connectivity index (χ2v) is 5.52. The van der Waals surface area contributed by atoms with Crippen LogP contribution in [0.5, 0.6) is 0 Å². The summed E-state index contributed by atoms with van der Waals surface area (Å²) < 4.78 is 0. The summed E-state index contributed by atoms with van der Waals surface area (Å²) in [4.78, 5) is 11.0. The van der Waals surface area contributed by atoms with Gasteiger partial charge in [0.25, 0.3) is 5.69 Å². The van der Waals surface area contributed by atoms with E-state index in [0.29, 0.717) is 22.4 Å². The third-order valence-corrected chi connectivity index (χ3v) is 3.80. The third-order valence-electron chi connectivity index (χ3n) is 3.80. The zero-order valence-corrected chi connectivity index (χ0v) is 13.6. The molecule has 124 valence electrons. The molecule has 0 heterocycles. The first-order chi connectivity index (χ1) is 12.6. The summed E-state index contributed by atoms with van der Waals surface area (Å²) in [6, 6.07) is 20.9. The van der Waals surface area contributed by atoms with E-state index in [2.05, 4.69) is 11.8 Å². The molecule has 0 spiro atoms. The summed E-state index contributed by atoms with van der Waals surface area (Å²) in [7, 11) is 0. The normalized spacial score (nSPS) is 9.65. The van der Waals surface area contributed by atoms with Crippen molar-refractivity contribution in [3.63, 3.8) is 0 Å². The number of nitro groups is 1. The molecule has 0 saturated heterocycles. The maximum Gasteiger partial charge on any atom is 0.285 e. The highest BCUT2D eigenvalue weighted by atomic mass is 16.6. The van der Waals surface area contributed by atoms with Crippen molar-refractivity contribution in [3.05, 3.63) is 93.5 Å². The van der Waals surface area contributed by atoms with Crippen LogP contribution in [0.2, 0.25) is 0 Å². The second kappa shape index (κ2) is 7.21. The molecule has 0 aliphatic rings. The van der Waals surface area contributed by atoms with Crippen molar-refractivity contribution in [3.8, 4) is 29.0 Å². The Morgan fingerprint density at radius 1 is 0.923 bits per heavy atom. The topological polar surface area (TPSA) is 92.9 Å². The van der Waals surface area contributed by atoms with Crippen molar-refractivity contribution in [2.45, 2.75) is 0 Å². The number of hydrogen-bond acceptors (Lipinski definition) is 4. The fourth-order valence-electron chi connectivity index (χ4n) is 2.49. The lowest BCUT2D eigenvalue weighted by atomic mass is 9.99. The van der Waals surface area contributed by atoms with Crippen LogP contribution in [0.25, 0.3) is 11.1 Å². The molecule has 5 nitrogen and oxygen atoms in total. The maximum atomic E-state index is 11.5. The van der Waals surface area contributed by atoms with E-state index in [-0.39, 0.29) is 11.3 Å². The molecule has 5 heteroatoms. The van der Waals surface area contributed by atoms with Crippen LogP contribution < -0.4 is 5.73 Å². The Morgan fingerprint density at radius 3 is 2.23 bits per heavy atom. The van der Waals surface area contributed by atoms with Gasteiger partial charge in [0.15, 0.2) is 0 Å². The smallest absolute Gasteiger partial charge is 0.285 e. The molecule has 2 N–H and O–H groups in total. The monoisotopic (exact) mass is 339 g/mol. The fourth-order valence-corrected chi connectivity index (χ4v) is 2.49. The number of nitrogens with two attached hydrogens (primary N) is 1.